The second-order valence-corrected chi connectivity index (χ2v) is 5.70. The van der Waals surface area contributed by atoms with Crippen LogP contribution in [0.4, 0.5) is 5.82 Å². The summed E-state index contributed by atoms with van der Waals surface area (Å²) in [7, 11) is 1.90. The van der Waals surface area contributed by atoms with Crippen molar-refractivity contribution in [3.63, 3.8) is 0 Å². The zero-order chi connectivity index (χ0) is 14.7. The number of hydrogen-bond donors (Lipinski definition) is 1. The van der Waals surface area contributed by atoms with Crippen molar-refractivity contribution in [3.05, 3.63) is 47.0 Å². The van der Waals surface area contributed by atoms with Crippen LogP contribution in [0, 0.1) is 0 Å². The number of thiophene rings is 1. The Labute approximate surface area is 130 Å². The molecule has 3 heterocycles. The molecule has 0 fully saturated rings. The molecular formula is C13H11ClN6S. The molecule has 1 N–H and O–H groups in total. The van der Waals surface area contributed by atoms with E-state index in [0.29, 0.717) is 11.0 Å². The lowest BCUT2D eigenvalue weighted by Crippen LogP contribution is -1.93. The van der Waals surface area contributed by atoms with Crippen LogP contribution in [0.3, 0.4) is 0 Å². The van der Waals surface area contributed by atoms with Gasteiger partial charge < -0.3 is 0 Å². The van der Waals surface area contributed by atoms with Crippen molar-refractivity contribution in [2.45, 2.75) is 0 Å². The van der Waals surface area contributed by atoms with Crippen LogP contribution < -0.4 is 5.43 Å². The Bertz CT molecular complexity index is 778. The molecule has 106 valence electrons. The summed E-state index contributed by atoms with van der Waals surface area (Å²) in [6, 6.07) is 4.05. The van der Waals surface area contributed by atoms with Crippen LogP contribution in [0.5, 0.6) is 0 Å². The average molecular weight is 319 g/mol. The monoisotopic (exact) mass is 318 g/mol. The fraction of sp³-hybridized carbons (Fsp3) is 0.0769. The molecule has 0 radical (unpaired) electrons. The first kappa shape index (κ1) is 13.7. The highest BCUT2D eigenvalue weighted by Gasteiger charge is 2.03. The molecule has 3 rings (SSSR count). The third kappa shape index (κ3) is 3.45. The minimum Gasteiger partial charge on any atom is -0.275 e. The molecule has 0 bridgehead atoms. The van der Waals surface area contributed by atoms with Gasteiger partial charge in [-0.15, -0.1) is 11.3 Å². The Morgan fingerprint density at radius 1 is 1.33 bits per heavy atom. The predicted octanol–water partition coefficient (Wildman–Crippen LogP) is 3.04. The molecular weight excluding hydrogens is 308 g/mol. The number of anilines is 1. The minimum atomic E-state index is 0.324. The molecule has 0 amide bonds. The lowest BCUT2D eigenvalue weighted by molar-refractivity contribution is 0.768. The van der Waals surface area contributed by atoms with Crippen molar-refractivity contribution in [2.24, 2.45) is 12.1 Å². The van der Waals surface area contributed by atoms with Gasteiger partial charge in [0.15, 0.2) is 5.82 Å². The van der Waals surface area contributed by atoms with Gasteiger partial charge in [-0.3, -0.25) is 15.1 Å². The highest BCUT2D eigenvalue weighted by Crippen LogP contribution is 2.26. The summed E-state index contributed by atoms with van der Waals surface area (Å²) in [5.74, 6) is 0.503. The fourth-order valence-electron chi connectivity index (χ4n) is 1.68. The van der Waals surface area contributed by atoms with Gasteiger partial charge in [0.2, 0.25) is 0 Å². The zero-order valence-corrected chi connectivity index (χ0v) is 12.6. The maximum atomic E-state index is 5.74. The number of halogens is 1. The van der Waals surface area contributed by atoms with Gasteiger partial charge in [0.05, 0.1) is 24.8 Å². The van der Waals surface area contributed by atoms with Crippen LogP contribution in [0.25, 0.3) is 10.4 Å². The Morgan fingerprint density at radius 2 is 2.24 bits per heavy atom. The van der Waals surface area contributed by atoms with Crippen LogP contribution in [0.2, 0.25) is 5.15 Å². The molecule has 0 aliphatic rings. The Kier molecular flexibility index (Phi) is 3.94. The number of nitrogens with zero attached hydrogens (tertiary/aromatic N) is 5. The molecule has 0 aromatic carbocycles. The SMILES string of the molecule is Cn1cc(-c2ccc(/C=N/Nc3cncc(Cl)n3)s2)cn1. The van der Waals surface area contributed by atoms with Crippen molar-refractivity contribution in [3.8, 4) is 10.4 Å². The number of aryl methyl sites for hydroxylation is 1. The lowest BCUT2D eigenvalue weighted by Gasteiger charge is -1.97. The van der Waals surface area contributed by atoms with Crippen molar-refractivity contribution < 1.29 is 0 Å². The normalized spacial score (nSPS) is 11.1. The second-order valence-electron chi connectivity index (χ2n) is 4.20. The quantitative estimate of drug-likeness (QED) is 0.593. The van der Waals surface area contributed by atoms with E-state index >= 15 is 0 Å². The van der Waals surface area contributed by atoms with Crippen LogP contribution in [0.1, 0.15) is 4.88 Å². The first-order valence-corrected chi connectivity index (χ1v) is 7.25. The van der Waals surface area contributed by atoms with E-state index < -0.39 is 0 Å². The predicted molar refractivity (Wildman–Crippen MR) is 84.8 cm³/mol. The topological polar surface area (TPSA) is 68.0 Å². The summed E-state index contributed by atoms with van der Waals surface area (Å²) in [6.45, 7) is 0. The highest BCUT2D eigenvalue weighted by molar-refractivity contribution is 7.17. The molecule has 0 spiro atoms. The lowest BCUT2D eigenvalue weighted by atomic mass is 10.3. The van der Waals surface area contributed by atoms with E-state index in [1.165, 1.54) is 6.20 Å². The van der Waals surface area contributed by atoms with Gasteiger partial charge >= 0.3 is 0 Å². The first-order valence-electron chi connectivity index (χ1n) is 6.06. The number of nitrogens with one attached hydrogen (secondary N) is 1. The molecule has 0 aliphatic heterocycles. The van der Waals surface area contributed by atoms with E-state index in [4.69, 9.17) is 11.6 Å². The summed E-state index contributed by atoms with van der Waals surface area (Å²) < 4.78 is 1.78. The average Bonchev–Trinajstić information content (AvgIpc) is 3.08. The molecule has 3 aromatic rings. The maximum absolute atomic E-state index is 5.74. The van der Waals surface area contributed by atoms with Crippen molar-refractivity contribution in [2.75, 3.05) is 5.43 Å². The number of hydrogen-bond acceptors (Lipinski definition) is 6. The molecule has 0 saturated heterocycles. The maximum Gasteiger partial charge on any atom is 0.166 e. The summed E-state index contributed by atoms with van der Waals surface area (Å²) in [4.78, 5) is 10.1. The van der Waals surface area contributed by atoms with Crippen molar-refractivity contribution in [1.29, 1.82) is 0 Å². The van der Waals surface area contributed by atoms with E-state index in [9.17, 15) is 0 Å². The molecule has 0 saturated carbocycles. The second kappa shape index (κ2) is 6.02. The van der Waals surface area contributed by atoms with Gasteiger partial charge in [0.1, 0.15) is 5.15 Å². The summed E-state index contributed by atoms with van der Waals surface area (Å²) >= 11 is 7.38. The van der Waals surface area contributed by atoms with E-state index in [1.54, 1.807) is 28.4 Å². The first-order chi connectivity index (χ1) is 10.2. The van der Waals surface area contributed by atoms with E-state index in [-0.39, 0.29) is 0 Å². The summed E-state index contributed by atoms with van der Waals surface area (Å²) in [5, 5.41) is 8.60. The molecule has 3 aromatic heterocycles. The van der Waals surface area contributed by atoms with E-state index in [2.05, 4.69) is 25.6 Å². The van der Waals surface area contributed by atoms with Crippen LogP contribution >= 0.6 is 22.9 Å². The van der Waals surface area contributed by atoms with Crippen LogP contribution in [-0.2, 0) is 7.05 Å². The number of hydrazone groups is 1. The Morgan fingerprint density at radius 3 is 3.00 bits per heavy atom. The molecule has 0 unspecified atom stereocenters. The van der Waals surface area contributed by atoms with Gasteiger partial charge in [-0.1, -0.05) is 11.6 Å². The summed E-state index contributed by atoms with van der Waals surface area (Å²) in [5.41, 5.74) is 3.88. The molecule has 21 heavy (non-hydrogen) atoms. The standard InChI is InChI=1S/C13H11ClN6S/c1-20-8-9(4-17-20)11-3-2-10(21-11)5-16-19-13-7-15-6-12(14)18-13/h2-8H,1H3,(H,18,19)/b16-5+. The van der Waals surface area contributed by atoms with Gasteiger partial charge in [-0.2, -0.15) is 10.2 Å². The Hall–Kier alpha value is -2.25. The third-order valence-corrected chi connectivity index (χ3v) is 3.84. The number of aromatic nitrogens is 4. The van der Waals surface area contributed by atoms with Crippen LogP contribution in [0.15, 0.2) is 42.0 Å². The number of rotatable bonds is 4. The van der Waals surface area contributed by atoms with Crippen molar-refractivity contribution in [1.82, 2.24) is 19.7 Å². The van der Waals surface area contributed by atoms with Gasteiger partial charge in [-0.05, 0) is 12.1 Å². The molecule has 0 atom stereocenters. The summed E-state index contributed by atoms with van der Waals surface area (Å²) in [6.07, 6.45) is 8.57. The third-order valence-electron chi connectivity index (χ3n) is 2.59. The van der Waals surface area contributed by atoms with Gasteiger partial charge in [-0.25, -0.2) is 4.98 Å². The Balaban J connectivity index is 1.68. The zero-order valence-electron chi connectivity index (χ0n) is 11.1. The van der Waals surface area contributed by atoms with E-state index in [1.807, 2.05) is 31.6 Å². The molecule has 8 heteroatoms. The van der Waals surface area contributed by atoms with Gasteiger partial charge in [0.25, 0.3) is 0 Å². The smallest absolute Gasteiger partial charge is 0.166 e. The fourth-order valence-corrected chi connectivity index (χ4v) is 2.69. The van der Waals surface area contributed by atoms with Crippen molar-refractivity contribution >= 4 is 35.0 Å². The van der Waals surface area contributed by atoms with E-state index in [0.717, 1.165) is 15.3 Å². The van der Waals surface area contributed by atoms with Crippen LogP contribution in [-0.4, -0.2) is 26.0 Å². The largest absolute Gasteiger partial charge is 0.275 e. The molecule has 0 aliphatic carbocycles. The molecule has 6 nitrogen and oxygen atoms in total. The van der Waals surface area contributed by atoms with Gasteiger partial charge in [0, 0.05) is 28.6 Å². The minimum absolute atomic E-state index is 0.324. The highest BCUT2D eigenvalue weighted by atomic mass is 35.5.